The van der Waals surface area contributed by atoms with E-state index < -0.39 is 0 Å². The zero-order valence-corrected chi connectivity index (χ0v) is 9.59. The number of nitrogens with two attached hydrogens (primary N) is 1. The van der Waals surface area contributed by atoms with Gasteiger partial charge in [0.05, 0.1) is 11.3 Å². The molecule has 0 spiro atoms. The third-order valence-corrected chi connectivity index (χ3v) is 3.07. The minimum atomic E-state index is 0.401. The maximum atomic E-state index is 5.64. The molecule has 0 saturated carbocycles. The Bertz CT molecular complexity index is 466. The van der Waals surface area contributed by atoms with Crippen LogP contribution >= 0.6 is 11.5 Å². The molecule has 2 aromatic heterocycles. The number of aryl methyl sites for hydroxylation is 2. The number of anilines is 2. The number of nitrogens with zero attached hydrogens (tertiary/aromatic N) is 4. The zero-order chi connectivity index (χ0) is 11.0. The topological polar surface area (TPSA) is 81.6 Å². The van der Waals surface area contributed by atoms with Crippen molar-refractivity contribution in [2.75, 3.05) is 18.1 Å². The molecule has 7 heteroatoms. The molecule has 2 heterocycles. The van der Waals surface area contributed by atoms with E-state index in [0.29, 0.717) is 11.8 Å². The third-order valence-electron chi connectivity index (χ3n) is 2.11. The van der Waals surface area contributed by atoms with Gasteiger partial charge in [0, 0.05) is 14.1 Å². The minimum Gasteiger partial charge on any atom is -0.378 e. The lowest BCUT2D eigenvalue weighted by Crippen LogP contribution is -1.97. The smallest absolute Gasteiger partial charge is 0.218 e. The highest BCUT2D eigenvalue weighted by molar-refractivity contribution is 7.10. The number of rotatable bonds is 2. The molecule has 0 aliphatic rings. The second kappa shape index (κ2) is 3.50. The lowest BCUT2D eigenvalue weighted by molar-refractivity contribution is 0.781. The molecule has 0 aliphatic carbocycles. The van der Waals surface area contributed by atoms with Crippen LogP contribution in [0.5, 0.6) is 0 Å². The maximum absolute atomic E-state index is 5.64. The van der Waals surface area contributed by atoms with Crippen molar-refractivity contribution in [1.82, 2.24) is 19.1 Å². The lowest BCUT2D eigenvalue weighted by Gasteiger charge is -1.97. The molecule has 0 bridgehead atoms. The molecular formula is C8H12N6S. The van der Waals surface area contributed by atoms with Gasteiger partial charge in [-0.05, 0) is 18.5 Å². The van der Waals surface area contributed by atoms with Crippen LogP contribution in [0.4, 0.5) is 10.9 Å². The van der Waals surface area contributed by atoms with E-state index in [-0.39, 0.29) is 0 Å². The van der Waals surface area contributed by atoms with Gasteiger partial charge in [-0.15, -0.1) is 5.10 Å². The van der Waals surface area contributed by atoms with Crippen molar-refractivity contribution >= 4 is 22.5 Å². The summed E-state index contributed by atoms with van der Waals surface area (Å²) in [5, 5.41) is 8.26. The maximum Gasteiger partial charge on any atom is 0.218 e. The van der Waals surface area contributed by atoms with Crippen LogP contribution in [0.1, 0.15) is 5.69 Å². The molecule has 0 aliphatic heterocycles. The highest BCUT2D eigenvalue weighted by atomic mass is 32.1. The Morgan fingerprint density at radius 2 is 2.20 bits per heavy atom. The van der Waals surface area contributed by atoms with Crippen LogP contribution in [-0.2, 0) is 7.05 Å². The van der Waals surface area contributed by atoms with E-state index in [0.717, 1.165) is 16.3 Å². The number of aromatic nitrogens is 4. The number of nitrogen functional groups attached to an aromatic ring is 1. The van der Waals surface area contributed by atoms with Gasteiger partial charge in [0.15, 0.2) is 5.82 Å². The Balaban J connectivity index is 2.57. The molecule has 0 aromatic carbocycles. The zero-order valence-electron chi connectivity index (χ0n) is 8.77. The SMILES string of the molecule is CNc1snc(C)c1-c1nc(N)n(C)n1. The predicted octanol–water partition coefficient (Wildman–Crippen LogP) is 0.871. The molecule has 0 unspecified atom stereocenters. The van der Waals surface area contributed by atoms with Gasteiger partial charge < -0.3 is 11.1 Å². The molecule has 0 fully saturated rings. The second-order valence-electron chi connectivity index (χ2n) is 3.14. The van der Waals surface area contributed by atoms with Crippen LogP contribution in [0.25, 0.3) is 11.4 Å². The van der Waals surface area contributed by atoms with E-state index in [9.17, 15) is 0 Å². The van der Waals surface area contributed by atoms with Crippen molar-refractivity contribution in [3.05, 3.63) is 5.69 Å². The third kappa shape index (κ3) is 1.54. The van der Waals surface area contributed by atoms with Crippen molar-refractivity contribution in [3.63, 3.8) is 0 Å². The summed E-state index contributed by atoms with van der Waals surface area (Å²) in [7, 11) is 3.61. The highest BCUT2D eigenvalue weighted by Crippen LogP contribution is 2.32. The van der Waals surface area contributed by atoms with E-state index in [1.165, 1.54) is 11.5 Å². The lowest BCUT2D eigenvalue weighted by atomic mass is 10.2. The van der Waals surface area contributed by atoms with Gasteiger partial charge in [-0.3, -0.25) is 0 Å². The fraction of sp³-hybridized carbons (Fsp3) is 0.375. The number of hydrogen-bond acceptors (Lipinski definition) is 6. The van der Waals surface area contributed by atoms with Crippen molar-refractivity contribution in [3.8, 4) is 11.4 Å². The molecule has 0 atom stereocenters. The molecule has 15 heavy (non-hydrogen) atoms. The molecule has 6 nitrogen and oxygen atoms in total. The fourth-order valence-corrected chi connectivity index (χ4v) is 2.05. The minimum absolute atomic E-state index is 0.401. The van der Waals surface area contributed by atoms with Crippen LogP contribution in [0, 0.1) is 6.92 Å². The van der Waals surface area contributed by atoms with Crippen LogP contribution in [0.2, 0.25) is 0 Å². The van der Waals surface area contributed by atoms with Gasteiger partial charge in [-0.2, -0.15) is 9.36 Å². The normalized spacial score (nSPS) is 10.6. The van der Waals surface area contributed by atoms with Crippen LogP contribution in [0.15, 0.2) is 0 Å². The molecule has 0 radical (unpaired) electrons. The number of hydrogen-bond donors (Lipinski definition) is 2. The molecule has 80 valence electrons. The van der Waals surface area contributed by atoms with E-state index in [1.807, 2.05) is 14.0 Å². The van der Waals surface area contributed by atoms with Gasteiger partial charge in [-0.25, -0.2) is 4.68 Å². The summed E-state index contributed by atoms with van der Waals surface area (Å²) in [5.74, 6) is 1.02. The Hall–Kier alpha value is -1.63. The first-order chi connectivity index (χ1) is 7.13. The van der Waals surface area contributed by atoms with Crippen LogP contribution in [-0.4, -0.2) is 26.2 Å². The summed E-state index contributed by atoms with van der Waals surface area (Å²) in [5.41, 5.74) is 7.48. The molecular weight excluding hydrogens is 212 g/mol. The largest absolute Gasteiger partial charge is 0.378 e. The Labute approximate surface area is 91.3 Å². The van der Waals surface area contributed by atoms with Gasteiger partial charge in [0.2, 0.25) is 5.95 Å². The van der Waals surface area contributed by atoms with Crippen molar-refractivity contribution < 1.29 is 0 Å². The van der Waals surface area contributed by atoms with E-state index in [4.69, 9.17) is 5.73 Å². The van der Waals surface area contributed by atoms with Crippen molar-refractivity contribution in [2.24, 2.45) is 7.05 Å². The van der Waals surface area contributed by atoms with E-state index in [2.05, 4.69) is 19.8 Å². The molecule has 2 aromatic rings. The summed E-state index contributed by atoms with van der Waals surface area (Å²) in [6.45, 7) is 1.93. The average molecular weight is 224 g/mol. The van der Waals surface area contributed by atoms with Crippen molar-refractivity contribution in [2.45, 2.75) is 6.92 Å². The summed E-state index contributed by atoms with van der Waals surface area (Å²) in [6.07, 6.45) is 0. The van der Waals surface area contributed by atoms with Crippen LogP contribution in [0.3, 0.4) is 0 Å². The molecule has 0 saturated heterocycles. The van der Waals surface area contributed by atoms with Gasteiger partial charge in [0.25, 0.3) is 0 Å². The Morgan fingerprint density at radius 3 is 2.73 bits per heavy atom. The molecule has 2 rings (SSSR count). The highest BCUT2D eigenvalue weighted by Gasteiger charge is 2.16. The Kier molecular flexibility index (Phi) is 2.31. The summed E-state index contributed by atoms with van der Waals surface area (Å²) < 4.78 is 5.80. The first-order valence-corrected chi connectivity index (χ1v) is 5.21. The monoisotopic (exact) mass is 224 g/mol. The van der Waals surface area contributed by atoms with Crippen molar-refractivity contribution in [1.29, 1.82) is 0 Å². The second-order valence-corrected chi connectivity index (χ2v) is 3.91. The summed E-state index contributed by atoms with van der Waals surface area (Å²) in [6, 6.07) is 0. The first kappa shape index (κ1) is 9.91. The average Bonchev–Trinajstić information content (AvgIpc) is 2.71. The molecule has 0 amide bonds. The summed E-state index contributed by atoms with van der Waals surface area (Å²) >= 11 is 1.39. The number of nitrogens with one attached hydrogen (secondary N) is 1. The quantitative estimate of drug-likeness (QED) is 0.791. The van der Waals surface area contributed by atoms with Gasteiger partial charge in [-0.1, -0.05) is 0 Å². The van der Waals surface area contributed by atoms with E-state index >= 15 is 0 Å². The fourth-order valence-electron chi connectivity index (χ4n) is 1.31. The Morgan fingerprint density at radius 1 is 1.47 bits per heavy atom. The van der Waals surface area contributed by atoms with Gasteiger partial charge >= 0.3 is 0 Å². The molecule has 3 N–H and O–H groups in total. The standard InChI is InChI=1S/C8H12N6S/c1-4-5(7(10-2)15-13-4)6-11-8(9)14(3)12-6/h10H,1-3H3,(H2,9,11,12). The summed E-state index contributed by atoms with van der Waals surface area (Å²) in [4.78, 5) is 4.18. The predicted molar refractivity (Wildman–Crippen MR) is 60.8 cm³/mol. The van der Waals surface area contributed by atoms with Crippen LogP contribution < -0.4 is 11.1 Å². The van der Waals surface area contributed by atoms with E-state index in [1.54, 1.807) is 11.7 Å². The first-order valence-electron chi connectivity index (χ1n) is 4.44. The van der Waals surface area contributed by atoms with Gasteiger partial charge in [0.1, 0.15) is 5.00 Å².